The van der Waals surface area contributed by atoms with Gasteiger partial charge in [-0.3, -0.25) is 14.4 Å². The maximum atomic E-state index is 12.8. The van der Waals surface area contributed by atoms with Gasteiger partial charge in [0.1, 0.15) is 6.54 Å². The van der Waals surface area contributed by atoms with E-state index in [-0.39, 0.29) is 19.0 Å². The summed E-state index contributed by atoms with van der Waals surface area (Å²) in [4.78, 5) is 39.7. The van der Waals surface area contributed by atoms with E-state index in [1.807, 2.05) is 6.07 Å². The van der Waals surface area contributed by atoms with E-state index in [2.05, 4.69) is 0 Å². The Morgan fingerprint density at radius 2 is 1.50 bits per heavy atom. The van der Waals surface area contributed by atoms with Crippen LogP contribution in [0.3, 0.4) is 0 Å². The van der Waals surface area contributed by atoms with Crippen LogP contribution in [-0.4, -0.2) is 52.4 Å². The summed E-state index contributed by atoms with van der Waals surface area (Å²) in [5.41, 5.74) is -1.12. The molecule has 2 heterocycles. The first kappa shape index (κ1) is 19.7. The molecule has 6 nitrogen and oxygen atoms in total. The molecule has 9 heteroatoms. The zero-order valence-corrected chi connectivity index (χ0v) is 14.9. The Morgan fingerprint density at radius 3 is 2.11 bits per heavy atom. The minimum absolute atomic E-state index is 0.137. The minimum atomic E-state index is -4.60. The number of alkyl halides is 3. The molecule has 2 aromatic rings. The summed E-state index contributed by atoms with van der Waals surface area (Å²) in [6, 6.07) is 10.2. The fourth-order valence-electron chi connectivity index (χ4n) is 2.99. The van der Waals surface area contributed by atoms with Crippen LogP contribution in [0.2, 0.25) is 0 Å². The molecule has 0 spiro atoms. The Balaban J connectivity index is 1.62. The third-order valence-corrected chi connectivity index (χ3v) is 4.56. The standard InChI is InChI=1S/C19H18F3N3O3/c20-19(21,22)15-6-7-16(26)25(12-15)13-17(27)23-8-10-24(11-9-23)18(28)14-4-2-1-3-5-14/h1-7,12H,8-11,13H2. The van der Waals surface area contributed by atoms with Crippen molar-refractivity contribution < 1.29 is 22.8 Å². The van der Waals surface area contributed by atoms with Crippen LogP contribution in [0.4, 0.5) is 13.2 Å². The van der Waals surface area contributed by atoms with Crippen molar-refractivity contribution in [1.82, 2.24) is 14.4 Å². The Morgan fingerprint density at radius 1 is 0.893 bits per heavy atom. The average molecular weight is 393 g/mol. The maximum Gasteiger partial charge on any atom is 0.417 e. The molecular formula is C19H18F3N3O3. The van der Waals surface area contributed by atoms with E-state index in [0.717, 1.165) is 10.6 Å². The summed E-state index contributed by atoms with van der Waals surface area (Å²) >= 11 is 0. The molecule has 3 rings (SSSR count). The summed E-state index contributed by atoms with van der Waals surface area (Å²) in [7, 11) is 0. The molecule has 28 heavy (non-hydrogen) atoms. The van der Waals surface area contributed by atoms with Crippen LogP contribution in [0.5, 0.6) is 0 Å². The predicted octanol–water partition coefficient (Wildman–Crippen LogP) is 1.85. The molecule has 0 N–H and O–H groups in total. The van der Waals surface area contributed by atoms with Crippen molar-refractivity contribution in [2.45, 2.75) is 12.7 Å². The van der Waals surface area contributed by atoms with Crippen LogP contribution in [0.25, 0.3) is 0 Å². The minimum Gasteiger partial charge on any atom is -0.338 e. The topological polar surface area (TPSA) is 62.6 Å². The molecule has 0 radical (unpaired) electrons. The molecule has 1 aliphatic heterocycles. The van der Waals surface area contributed by atoms with Crippen LogP contribution in [-0.2, 0) is 17.5 Å². The van der Waals surface area contributed by atoms with Crippen molar-refractivity contribution >= 4 is 11.8 Å². The van der Waals surface area contributed by atoms with Gasteiger partial charge in [-0.05, 0) is 18.2 Å². The molecule has 1 fully saturated rings. The quantitative estimate of drug-likeness (QED) is 0.800. The number of amides is 2. The first-order chi connectivity index (χ1) is 13.3. The normalized spacial score (nSPS) is 14.8. The molecule has 2 amide bonds. The van der Waals surface area contributed by atoms with Crippen molar-refractivity contribution in [1.29, 1.82) is 0 Å². The number of benzene rings is 1. The fraction of sp³-hybridized carbons (Fsp3) is 0.316. The first-order valence-corrected chi connectivity index (χ1v) is 8.65. The highest BCUT2D eigenvalue weighted by molar-refractivity contribution is 5.94. The van der Waals surface area contributed by atoms with Crippen molar-refractivity contribution in [3.05, 3.63) is 70.1 Å². The van der Waals surface area contributed by atoms with Crippen LogP contribution in [0.1, 0.15) is 15.9 Å². The van der Waals surface area contributed by atoms with Gasteiger partial charge < -0.3 is 14.4 Å². The van der Waals surface area contributed by atoms with Gasteiger partial charge in [0.05, 0.1) is 5.56 Å². The highest BCUT2D eigenvalue weighted by Gasteiger charge is 2.31. The van der Waals surface area contributed by atoms with Gasteiger partial charge in [0.2, 0.25) is 5.91 Å². The van der Waals surface area contributed by atoms with Crippen LogP contribution in [0.15, 0.2) is 53.5 Å². The number of carbonyl (C=O) groups excluding carboxylic acids is 2. The maximum absolute atomic E-state index is 12.8. The molecule has 1 aromatic carbocycles. The van der Waals surface area contributed by atoms with E-state index in [4.69, 9.17) is 0 Å². The van der Waals surface area contributed by atoms with Crippen molar-refractivity contribution in [3.8, 4) is 0 Å². The lowest BCUT2D eigenvalue weighted by Crippen LogP contribution is -2.51. The summed E-state index contributed by atoms with van der Waals surface area (Å²) in [6.07, 6.45) is -3.95. The Labute approximate surface area is 158 Å². The number of rotatable bonds is 3. The van der Waals surface area contributed by atoms with Crippen LogP contribution in [0, 0.1) is 0 Å². The largest absolute Gasteiger partial charge is 0.417 e. The Bertz CT molecular complexity index is 917. The number of nitrogens with zero attached hydrogens (tertiary/aromatic N) is 3. The molecule has 148 valence electrons. The number of hydrogen-bond donors (Lipinski definition) is 0. The second-order valence-electron chi connectivity index (χ2n) is 6.42. The molecule has 1 saturated heterocycles. The van der Waals surface area contributed by atoms with E-state index >= 15 is 0 Å². The molecule has 0 saturated carbocycles. The molecular weight excluding hydrogens is 375 g/mol. The van der Waals surface area contributed by atoms with Crippen LogP contribution < -0.4 is 5.56 Å². The van der Waals surface area contributed by atoms with Gasteiger partial charge in [0.25, 0.3) is 11.5 Å². The van der Waals surface area contributed by atoms with E-state index in [1.54, 1.807) is 29.2 Å². The summed E-state index contributed by atoms with van der Waals surface area (Å²) < 4.78 is 39.2. The Kier molecular flexibility index (Phi) is 5.53. The lowest BCUT2D eigenvalue weighted by atomic mass is 10.2. The number of carbonyl (C=O) groups is 2. The SMILES string of the molecule is O=C(Cn1cc(C(F)(F)F)ccc1=O)N1CCN(C(=O)c2ccccc2)CC1. The van der Waals surface area contributed by atoms with Gasteiger partial charge in [0.15, 0.2) is 0 Å². The van der Waals surface area contributed by atoms with Crippen LogP contribution >= 0.6 is 0 Å². The van der Waals surface area contributed by atoms with E-state index in [1.165, 1.54) is 4.90 Å². The van der Waals surface area contributed by atoms with Gasteiger partial charge in [-0.25, -0.2) is 0 Å². The van der Waals surface area contributed by atoms with Crippen molar-refractivity contribution in [2.24, 2.45) is 0 Å². The van der Waals surface area contributed by atoms with E-state index in [0.29, 0.717) is 30.9 Å². The Hall–Kier alpha value is -3.10. The molecule has 1 aromatic heterocycles. The van der Waals surface area contributed by atoms with Crippen molar-refractivity contribution in [3.63, 3.8) is 0 Å². The van der Waals surface area contributed by atoms with Gasteiger partial charge in [0, 0.05) is 44.0 Å². The number of hydrogen-bond acceptors (Lipinski definition) is 3. The number of aromatic nitrogens is 1. The molecule has 1 aliphatic rings. The zero-order valence-electron chi connectivity index (χ0n) is 14.9. The fourth-order valence-corrected chi connectivity index (χ4v) is 2.99. The molecule has 0 aliphatic carbocycles. The number of halogens is 3. The predicted molar refractivity (Wildman–Crippen MR) is 94.6 cm³/mol. The zero-order chi connectivity index (χ0) is 20.3. The third-order valence-electron chi connectivity index (χ3n) is 4.56. The highest BCUT2D eigenvalue weighted by Crippen LogP contribution is 2.28. The molecule has 0 bridgehead atoms. The molecule has 0 unspecified atom stereocenters. The second kappa shape index (κ2) is 7.87. The first-order valence-electron chi connectivity index (χ1n) is 8.65. The van der Waals surface area contributed by atoms with E-state index in [9.17, 15) is 27.6 Å². The van der Waals surface area contributed by atoms with Gasteiger partial charge in [-0.15, -0.1) is 0 Å². The van der Waals surface area contributed by atoms with Crippen molar-refractivity contribution in [2.75, 3.05) is 26.2 Å². The summed E-state index contributed by atoms with van der Waals surface area (Å²) in [5, 5.41) is 0. The lowest BCUT2D eigenvalue weighted by Gasteiger charge is -2.35. The highest BCUT2D eigenvalue weighted by atomic mass is 19.4. The average Bonchev–Trinajstić information content (AvgIpc) is 2.69. The van der Waals surface area contributed by atoms with E-state index < -0.39 is 29.8 Å². The van der Waals surface area contributed by atoms with Gasteiger partial charge >= 0.3 is 6.18 Å². The number of piperazine rings is 1. The molecule has 0 atom stereocenters. The lowest BCUT2D eigenvalue weighted by molar-refractivity contribution is -0.139. The third kappa shape index (κ3) is 4.41. The van der Waals surface area contributed by atoms with Gasteiger partial charge in [-0.1, -0.05) is 18.2 Å². The number of pyridine rings is 1. The summed E-state index contributed by atoms with van der Waals surface area (Å²) in [6.45, 7) is 0.666. The monoisotopic (exact) mass is 393 g/mol. The summed E-state index contributed by atoms with van der Waals surface area (Å²) in [5.74, 6) is -0.602. The van der Waals surface area contributed by atoms with Gasteiger partial charge in [-0.2, -0.15) is 13.2 Å². The second-order valence-corrected chi connectivity index (χ2v) is 6.42. The smallest absolute Gasteiger partial charge is 0.338 e.